The number of primary amides is 1. The predicted octanol–water partition coefficient (Wildman–Crippen LogP) is 3.73. The minimum absolute atomic E-state index is 0.0267. The Hall–Kier alpha value is -3.08. The molecule has 0 bridgehead atoms. The van der Waals surface area contributed by atoms with Crippen LogP contribution in [0.4, 0.5) is 5.69 Å². The maximum atomic E-state index is 11.7. The summed E-state index contributed by atoms with van der Waals surface area (Å²) >= 11 is 0. The summed E-state index contributed by atoms with van der Waals surface area (Å²) in [5.74, 6) is -0.000166. The van der Waals surface area contributed by atoms with Gasteiger partial charge in [-0.1, -0.05) is 18.2 Å². The summed E-state index contributed by atoms with van der Waals surface area (Å²) in [5.41, 5.74) is 7.83. The summed E-state index contributed by atoms with van der Waals surface area (Å²) in [6.45, 7) is 4.45. The summed E-state index contributed by atoms with van der Waals surface area (Å²) in [6.07, 6.45) is 3.61. The third kappa shape index (κ3) is 3.88. The van der Waals surface area contributed by atoms with Crippen molar-refractivity contribution in [1.82, 2.24) is 4.98 Å². The van der Waals surface area contributed by atoms with Crippen molar-refractivity contribution in [3.63, 3.8) is 0 Å². The smallest absolute Gasteiger partial charge is 0.252 e. The van der Waals surface area contributed by atoms with Crippen LogP contribution in [-0.2, 0) is 6.54 Å². The zero-order valence-electron chi connectivity index (χ0n) is 14.3. The summed E-state index contributed by atoms with van der Waals surface area (Å²) in [5, 5.41) is 5.60. The number of ether oxygens (including phenoxy) is 1. The fourth-order valence-electron chi connectivity index (χ4n) is 2.73. The molecule has 0 saturated carbocycles. The fourth-order valence-corrected chi connectivity index (χ4v) is 2.73. The lowest BCUT2D eigenvalue weighted by Gasteiger charge is -2.15. The van der Waals surface area contributed by atoms with E-state index in [1.807, 2.05) is 44.3 Å². The molecular formula is C20H21N3O2. The number of benzene rings is 2. The molecule has 0 fully saturated rings. The highest BCUT2D eigenvalue weighted by atomic mass is 16.5. The first-order valence-electron chi connectivity index (χ1n) is 8.20. The second-order valence-electron chi connectivity index (χ2n) is 6.11. The Morgan fingerprint density at radius 2 is 2.08 bits per heavy atom. The van der Waals surface area contributed by atoms with Gasteiger partial charge in [-0.25, -0.2) is 0 Å². The highest BCUT2D eigenvalue weighted by Gasteiger charge is 2.12. The Kier molecular flexibility index (Phi) is 4.84. The normalized spacial score (nSPS) is 10.8. The lowest BCUT2D eigenvalue weighted by molar-refractivity contribution is 0.0994. The topological polar surface area (TPSA) is 77.2 Å². The van der Waals surface area contributed by atoms with Gasteiger partial charge in [0.15, 0.2) is 0 Å². The Labute approximate surface area is 146 Å². The number of anilines is 1. The van der Waals surface area contributed by atoms with Crippen LogP contribution in [0.2, 0.25) is 0 Å². The highest BCUT2D eigenvalue weighted by molar-refractivity contribution is 5.96. The molecule has 0 unspecified atom stereocenters. The fraction of sp³-hybridized carbons (Fsp3) is 0.200. The summed E-state index contributed by atoms with van der Waals surface area (Å²) in [7, 11) is 0. The molecule has 0 aliphatic rings. The third-order valence-electron chi connectivity index (χ3n) is 3.86. The van der Waals surface area contributed by atoms with E-state index < -0.39 is 5.91 Å². The number of nitrogens with zero attached hydrogens (tertiary/aromatic N) is 1. The van der Waals surface area contributed by atoms with Gasteiger partial charge in [-0.15, -0.1) is 0 Å². The van der Waals surface area contributed by atoms with Crippen LogP contribution in [0.3, 0.4) is 0 Å². The minimum Gasteiger partial charge on any atom is -0.490 e. The van der Waals surface area contributed by atoms with Gasteiger partial charge in [0.1, 0.15) is 5.75 Å². The molecular weight excluding hydrogens is 314 g/mol. The molecule has 2 aromatic carbocycles. The first-order chi connectivity index (χ1) is 12.0. The number of rotatable bonds is 6. The molecule has 0 saturated heterocycles. The Balaban J connectivity index is 1.83. The SMILES string of the molecule is CC(C)Oc1ccc(NCc2cccc3cnccc23)cc1C(N)=O. The standard InChI is InChI=1S/C20H21N3O2/c1-13(2)25-19-7-6-16(10-18(19)20(21)24)23-12-15-5-3-4-14-11-22-9-8-17(14)15/h3-11,13,23H,12H2,1-2H3,(H2,21,24). The number of nitrogens with one attached hydrogen (secondary N) is 1. The van der Waals surface area contributed by atoms with E-state index in [0.29, 0.717) is 17.9 Å². The molecule has 5 heteroatoms. The van der Waals surface area contributed by atoms with E-state index >= 15 is 0 Å². The molecule has 3 N–H and O–H groups in total. The van der Waals surface area contributed by atoms with Crippen LogP contribution in [0.5, 0.6) is 5.75 Å². The van der Waals surface area contributed by atoms with Crippen LogP contribution in [-0.4, -0.2) is 17.0 Å². The molecule has 25 heavy (non-hydrogen) atoms. The summed E-state index contributed by atoms with van der Waals surface area (Å²) < 4.78 is 5.65. The van der Waals surface area contributed by atoms with Crippen molar-refractivity contribution in [2.45, 2.75) is 26.5 Å². The molecule has 0 spiro atoms. The van der Waals surface area contributed by atoms with E-state index in [-0.39, 0.29) is 6.10 Å². The molecule has 0 atom stereocenters. The number of carbonyl (C=O) groups excluding carboxylic acids is 1. The summed E-state index contributed by atoms with van der Waals surface area (Å²) in [6, 6.07) is 13.5. The minimum atomic E-state index is -0.504. The molecule has 1 heterocycles. The first-order valence-corrected chi connectivity index (χ1v) is 8.20. The number of fused-ring (bicyclic) bond motifs is 1. The number of carbonyl (C=O) groups is 1. The maximum absolute atomic E-state index is 11.7. The van der Waals surface area contributed by atoms with Crippen molar-refractivity contribution in [2.75, 3.05) is 5.32 Å². The van der Waals surface area contributed by atoms with Crippen molar-refractivity contribution >= 4 is 22.4 Å². The Bertz CT molecular complexity index is 901. The third-order valence-corrected chi connectivity index (χ3v) is 3.86. The van der Waals surface area contributed by atoms with Crippen LogP contribution < -0.4 is 15.8 Å². The van der Waals surface area contributed by atoms with Crippen LogP contribution in [0.1, 0.15) is 29.8 Å². The largest absolute Gasteiger partial charge is 0.490 e. The molecule has 128 valence electrons. The number of nitrogens with two attached hydrogens (primary N) is 1. The lowest BCUT2D eigenvalue weighted by atomic mass is 10.1. The number of pyridine rings is 1. The first kappa shape index (κ1) is 16.8. The number of aromatic nitrogens is 1. The highest BCUT2D eigenvalue weighted by Crippen LogP contribution is 2.25. The van der Waals surface area contributed by atoms with Gasteiger partial charge in [-0.05, 0) is 49.1 Å². The monoisotopic (exact) mass is 335 g/mol. The molecule has 0 aliphatic carbocycles. The van der Waals surface area contributed by atoms with Crippen LogP contribution >= 0.6 is 0 Å². The van der Waals surface area contributed by atoms with E-state index in [1.54, 1.807) is 18.3 Å². The van der Waals surface area contributed by atoms with E-state index in [9.17, 15) is 4.79 Å². The van der Waals surface area contributed by atoms with Crippen molar-refractivity contribution in [3.8, 4) is 5.75 Å². The summed E-state index contributed by atoms with van der Waals surface area (Å²) in [4.78, 5) is 15.9. The Morgan fingerprint density at radius 3 is 2.84 bits per heavy atom. The molecule has 1 amide bonds. The molecule has 5 nitrogen and oxygen atoms in total. The van der Waals surface area contributed by atoms with E-state index in [2.05, 4.69) is 16.4 Å². The van der Waals surface area contributed by atoms with Gasteiger partial charge in [0.25, 0.3) is 5.91 Å². The van der Waals surface area contributed by atoms with Gasteiger partial charge in [0.2, 0.25) is 0 Å². The molecule has 0 radical (unpaired) electrons. The van der Waals surface area contributed by atoms with Crippen molar-refractivity contribution in [2.24, 2.45) is 5.73 Å². The Morgan fingerprint density at radius 1 is 1.24 bits per heavy atom. The molecule has 0 aliphatic heterocycles. The van der Waals surface area contributed by atoms with Crippen molar-refractivity contribution < 1.29 is 9.53 Å². The number of hydrogen-bond donors (Lipinski definition) is 2. The van der Waals surface area contributed by atoms with Gasteiger partial charge < -0.3 is 15.8 Å². The van der Waals surface area contributed by atoms with E-state index in [0.717, 1.165) is 22.0 Å². The quantitative estimate of drug-likeness (QED) is 0.719. The van der Waals surface area contributed by atoms with Gasteiger partial charge >= 0.3 is 0 Å². The number of amides is 1. The van der Waals surface area contributed by atoms with Crippen LogP contribution in [0.15, 0.2) is 54.9 Å². The van der Waals surface area contributed by atoms with Gasteiger partial charge in [0, 0.05) is 30.0 Å². The van der Waals surface area contributed by atoms with Crippen LogP contribution in [0, 0.1) is 0 Å². The average molecular weight is 335 g/mol. The van der Waals surface area contributed by atoms with Gasteiger partial charge in [-0.2, -0.15) is 0 Å². The molecule has 1 aromatic heterocycles. The van der Waals surface area contributed by atoms with E-state index in [4.69, 9.17) is 10.5 Å². The lowest BCUT2D eigenvalue weighted by Crippen LogP contribution is -2.16. The van der Waals surface area contributed by atoms with Gasteiger partial charge in [0.05, 0.1) is 11.7 Å². The van der Waals surface area contributed by atoms with E-state index in [1.165, 1.54) is 0 Å². The van der Waals surface area contributed by atoms with Gasteiger partial charge in [-0.3, -0.25) is 9.78 Å². The van der Waals surface area contributed by atoms with Crippen molar-refractivity contribution in [1.29, 1.82) is 0 Å². The second kappa shape index (κ2) is 7.21. The molecule has 3 rings (SSSR count). The zero-order chi connectivity index (χ0) is 17.8. The van der Waals surface area contributed by atoms with Crippen LogP contribution in [0.25, 0.3) is 10.8 Å². The number of hydrogen-bond acceptors (Lipinski definition) is 4. The second-order valence-corrected chi connectivity index (χ2v) is 6.11. The zero-order valence-corrected chi connectivity index (χ0v) is 14.3. The maximum Gasteiger partial charge on any atom is 0.252 e. The predicted molar refractivity (Wildman–Crippen MR) is 99.8 cm³/mol. The van der Waals surface area contributed by atoms with Crippen molar-refractivity contribution in [3.05, 3.63) is 66.0 Å². The molecule has 3 aromatic rings. The average Bonchev–Trinajstić information content (AvgIpc) is 2.60.